The van der Waals surface area contributed by atoms with Crippen molar-refractivity contribution >= 4 is 23.3 Å². The molecule has 0 aromatic heterocycles. The van der Waals surface area contributed by atoms with Gasteiger partial charge in [0.05, 0.1) is 129 Å². The van der Waals surface area contributed by atoms with Crippen molar-refractivity contribution in [3.8, 4) is 35.1 Å². The van der Waals surface area contributed by atoms with Gasteiger partial charge in [-0.15, -0.1) is 0 Å². The highest BCUT2D eigenvalue weighted by Gasteiger charge is 2.12. The molecule has 310 valence electrons. The second-order valence-electron chi connectivity index (χ2n) is 12.6. The fourth-order valence-electron chi connectivity index (χ4n) is 5.58. The van der Waals surface area contributed by atoms with Crippen LogP contribution in [0.5, 0.6) is 23.0 Å². The molecule has 3 aromatic rings. The molecular weight excluding hydrogens is 748 g/mol. The van der Waals surface area contributed by atoms with E-state index in [4.69, 9.17) is 56.8 Å². The van der Waals surface area contributed by atoms with Gasteiger partial charge in [0.2, 0.25) is 0 Å². The summed E-state index contributed by atoms with van der Waals surface area (Å²) in [4.78, 5) is 0. The molecule has 0 radical (unpaired) electrons. The van der Waals surface area contributed by atoms with Crippen LogP contribution < -0.4 is 18.9 Å². The van der Waals surface area contributed by atoms with Crippen LogP contribution in [0.2, 0.25) is 0 Å². The smallest absolute Gasteiger partial charge is 0.161 e. The van der Waals surface area contributed by atoms with Gasteiger partial charge < -0.3 is 56.8 Å². The summed E-state index contributed by atoms with van der Waals surface area (Å²) in [7, 11) is 0. The van der Waals surface area contributed by atoms with E-state index in [1.54, 1.807) is 12.2 Å². The highest BCUT2D eigenvalue weighted by molar-refractivity contribution is 5.92. The number of ether oxygens (including phenoxy) is 12. The molecule has 0 bridgehead atoms. The van der Waals surface area contributed by atoms with Gasteiger partial charge in [0.25, 0.3) is 0 Å². The zero-order valence-corrected chi connectivity index (χ0v) is 32.9. The number of benzene rings is 3. The second-order valence-corrected chi connectivity index (χ2v) is 12.6. The predicted molar refractivity (Wildman–Crippen MR) is 215 cm³/mol. The van der Waals surface area contributed by atoms with E-state index in [0.717, 1.165) is 11.1 Å². The number of nitriles is 2. The Morgan fingerprint density at radius 1 is 0.345 bits per heavy atom. The lowest BCUT2D eigenvalue weighted by atomic mass is 9.98. The molecule has 0 unspecified atom stereocenters. The summed E-state index contributed by atoms with van der Waals surface area (Å²) in [5.41, 5.74) is 3.75. The maximum absolute atomic E-state index is 10.2. The highest BCUT2D eigenvalue weighted by atomic mass is 16.6. The topological polar surface area (TPSA) is 158 Å². The van der Waals surface area contributed by atoms with Crippen molar-refractivity contribution in [3.63, 3.8) is 0 Å². The van der Waals surface area contributed by atoms with E-state index in [9.17, 15) is 10.5 Å². The van der Waals surface area contributed by atoms with Crippen molar-refractivity contribution in [2.24, 2.45) is 0 Å². The van der Waals surface area contributed by atoms with Gasteiger partial charge in [-0.2, -0.15) is 10.5 Å². The molecule has 14 heteroatoms. The lowest BCUT2D eigenvalue weighted by molar-refractivity contribution is -0.00841. The van der Waals surface area contributed by atoms with Gasteiger partial charge in [-0.25, -0.2) is 0 Å². The van der Waals surface area contributed by atoms with E-state index in [-0.39, 0.29) is 0 Å². The average Bonchev–Trinajstić information content (AvgIpc) is 3.25. The molecule has 58 heavy (non-hydrogen) atoms. The van der Waals surface area contributed by atoms with Crippen LogP contribution in [0, 0.1) is 22.7 Å². The molecule has 0 amide bonds. The summed E-state index contributed by atoms with van der Waals surface area (Å²) < 4.78 is 68.6. The Hall–Kier alpha value is -5.00. The fourth-order valence-corrected chi connectivity index (χ4v) is 5.58. The van der Waals surface area contributed by atoms with Crippen LogP contribution in [0.1, 0.15) is 22.3 Å². The van der Waals surface area contributed by atoms with Gasteiger partial charge in [0, 0.05) is 0 Å². The zero-order chi connectivity index (χ0) is 40.3. The number of allylic oxidation sites excluding steroid dienone is 2. The van der Waals surface area contributed by atoms with Crippen LogP contribution in [-0.4, -0.2) is 132 Å². The first-order valence-corrected chi connectivity index (χ1v) is 19.5. The van der Waals surface area contributed by atoms with Crippen LogP contribution in [0.4, 0.5) is 0 Å². The van der Waals surface area contributed by atoms with E-state index in [1.165, 1.54) is 0 Å². The monoisotopic (exact) mass is 800 g/mol. The maximum Gasteiger partial charge on any atom is 0.161 e. The molecule has 2 heterocycles. The van der Waals surface area contributed by atoms with Crippen LogP contribution >= 0.6 is 0 Å². The number of hydrogen-bond donors (Lipinski definition) is 0. The Bertz CT molecular complexity index is 1670. The standard InChI is InChI=1S/C44H52N2O12/c45-33-39(29-35-1-7-41-43(31-35)57-27-23-53-19-15-49-11-9-47-13-17-51-21-25-55-41)37-3-5-38(6-4-37)40(34-46)30-36-2-8-42-44(32-36)58-28-24-54-20-16-50-12-10-48-14-18-52-22-26-56-42/h1-8,29-32H,9-28H2/b39-29+,40-30+. The van der Waals surface area contributed by atoms with Crippen molar-refractivity contribution in [1.29, 1.82) is 10.5 Å². The van der Waals surface area contributed by atoms with Gasteiger partial charge in [-0.3, -0.25) is 0 Å². The van der Waals surface area contributed by atoms with Crippen LogP contribution in [-0.2, 0) is 37.9 Å². The molecular formula is C44H52N2O12. The van der Waals surface area contributed by atoms with Crippen molar-refractivity contribution in [2.75, 3.05) is 132 Å². The Morgan fingerprint density at radius 2 is 0.603 bits per heavy atom. The molecule has 0 atom stereocenters. The molecule has 14 nitrogen and oxygen atoms in total. The summed E-state index contributed by atoms with van der Waals surface area (Å²) in [6.07, 6.45) is 3.56. The van der Waals surface area contributed by atoms with Gasteiger partial charge in [-0.1, -0.05) is 36.4 Å². The first kappa shape index (κ1) is 44.1. The van der Waals surface area contributed by atoms with Crippen molar-refractivity contribution in [3.05, 3.63) is 82.9 Å². The minimum atomic E-state index is 0.299. The van der Waals surface area contributed by atoms with Crippen LogP contribution in [0.15, 0.2) is 60.7 Å². The molecule has 0 fully saturated rings. The third kappa shape index (κ3) is 16.1. The second kappa shape index (κ2) is 26.8. The largest absolute Gasteiger partial charge is 0.487 e. The molecule has 0 aliphatic carbocycles. The maximum atomic E-state index is 10.2. The highest BCUT2D eigenvalue weighted by Crippen LogP contribution is 2.32. The van der Waals surface area contributed by atoms with E-state index in [0.29, 0.717) is 177 Å². The fraction of sp³-hybridized carbons (Fsp3) is 0.455. The third-order valence-corrected chi connectivity index (χ3v) is 8.48. The van der Waals surface area contributed by atoms with E-state index < -0.39 is 0 Å². The Morgan fingerprint density at radius 3 is 0.879 bits per heavy atom. The summed E-state index contributed by atoms with van der Waals surface area (Å²) in [5, 5.41) is 20.3. The SMILES string of the molecule is N#C/C(=C\c1ccc2c(c1)OCCOCCOCCOCCOCCO2)c1ccc(/C(C#N)=C/c2ccc3c(c2)OCCOCCOCCOCCOCCO3)cc1. The minimum absolute atomic E-state index is 0.299. The quantitative estimate of drug-likeness (QED) is 0.241. The summed E-state index contributed by atoms with van der Waals surface area (Å²) in [5.74, 6) is 2.15. The number of fused-ring (bicyclic) bond motifs is 2. The van der Waals surface area contributed by atoms with Gasteiger partial charge in [0.15, 0.2) is 23.0 Å². The van der Waals surface area contributed by atoms with Crippen molar-refractivity contribution in [1.82, 2.24) is 0 Å². The number of nitrogens with zero attached hydrogens (tertiary/aromatic N) is 2. The van der Waals surface area contributed by atoms with E-state index >= 15 is 0 Å². The van der Waals surface area contributed by atoms with Gasteiger partial charge >= 0.3 is 0 Å². The number of rotatable bonds is 4. The Kier molecular flexibility index (Phi) is 20.4. The lowest BCUT2D eigenvalue weighted by Gasteiger charge is -2.15. The lowest BCUT2D eigenvalue weighted by Crippen LogP contribution is -2.16. The molecule has 0 N–H and O–H groups in total. The predicted octanol–water partition coefficient (Wildman–Crippen LogP) is 5.49. The van der Waals surface area contributed by atoms with Gasteiger partial charge in [-0.05, 0) is 58.7 Å². The molecule has 0 saturated heterocycles. The summed E-state index contributed by atoms with van der Waals surface area (Å²) in [6.45, 7) is 8.38. The molecule has 3 aromatic carbocycles. The summed E-state index contributed by atoms with van der Waals surface area (Å²) in [6, 6.07) is 22.9. The number of hydrogen-bond acceptors (Lipinski definition) is 14. The van der Waals surface area contributed by atoms with Crippen LogP contribution in [0.25, 0.3) is 23.3 Å². The molecule has 0 spiro atoms. The Balaban J connectivity index is 1.26. The Labute approximate surface area is 340 Å². The van der Waals surface area contributed by atoms with Crippen LogP contribution in [0.3, 0.4) is 0 Å². The molecule has 5 rings (SSSR count). The normalized spacial score (nSPS) is 18.5. The first-order valence-electron chi connectivity index (χ1n) is 19.5. The average molecular weight is 801 g/mol. The van der Waals surface area contributed by atoms with E-state index in [2.05, 4.69) is 12.1 Å². The molecule has 2 aliphatic heterocycles. The zero-order valence-electron chi connectivity index (χ0n) is 32.9. The molecule has 2 aliphatic rings. The summed E-state index contributed by atoms with van der Waals surface area (Å²) >= 11 is 0. The minimum Gasteiger partial charge on any atom is -0.487 e. The van der Waals surface area contributed by atoms with E-state index in [1.807, 2.05) is 60.7 Å². The third-order valence-electron chi connectivity index (χ3n) is 8.48. The molecule has 0 saturated carbocycles. The first-order chi connectivity index (χ1) is 28.7. The van der Waals surface area contributed by atoms with Crippen molar-refractivity contribution in [2.45, 2.75) is 0 Å². The van der Waals surface area contributed by atoms with Gasteiger partial charge in [0.1, 0.15) is 26.4 Å². The van der Waals surface area contributed by atoms with Crippen molar-refractivity contribution < 1.29 is 56.8 Å².